The van der Waals surface area contributed by atoms with E-state index < -0.39 is 0 Å². The third-order valence-corrected chi connectivity index (χ3v) is 3.91. The molecule has 1 aliphatic rings. The molecule has 0 aromatic carbocycles. The van der Waals surface area contributed by atoms with Gasteiger partial charge in [-0.2, -0.15) is 0 Å². The summed E-state index contributed by atoms with van der Waals surface area (Å²) in [5, 5.41) is 8.75. The SMILES string of the molecule is CC1=C(/C=C/C=C/C=C/C(C)=C/CO)C(C)(C)CCC1. The normalized spacial score (nSPS) is 20.8. The maximum atomic E-state index is 8.75. The summed E-state index contributed by atoms with van der Waals surface area (Å²) in [7, 11) is 0. The van der Waals surface area contributed by atoms with Gasteiger partial charge < -0.3 is 5.11 Å². The van der Waals surface area contributed by atoms with E-state index in [1.165, 1.54) is 30.4 Å². The summed E-state index contributed by atoms with van der Waals surface area (Å²) in [4.78, 5) is 0. The highest BCUT2D eigenvalue weighted by Gasteiger charge is 2.26. The number of hydrogen-bond acceptors (Lipinski definition) is 1. The van der Waals surface area contributed by atoms with Crippen LogP contribution in [0.1, 0.15) is 47.0 Å². The van der Waals surface area contributed by atoms with Crippen LogP contribution in [0.5, 0.6) is 0 Å². The summed E-state index contributed by atoms with van der Waals surface area (Å²) >= 11 is 0. The smallest absolute Gasteiger partial charge is 0.0617 e. The molecule has 0 saturated carbocycles. The summed E-state index contributed by atoms with van der Waals surface area (Å²) < 4.78 is 0. The zero-order valence-corrected chi connectivity index (χ0v) is 13.3. The van der Waals surface area contributed by atoms with Crippen molar-refractivity contribution in [3.8, 4) is 0 Å². The van der Waals surface area contributed by atoms with Crippen molar-refractivity contribution >= 4 is 0 Å². The third kappa shape index (κ3) is 5.34. The van der Waals surface area contributed by atoms with Gasteiger partial charge in [-0.1, -0.05) is 67.5 Å². The van der Waals surface area contributed by atoms with E-state index in [2.05, 4.69) is 39.0 Å². The Kier molecular flexibility index (Phi) is 6.74. The molecule has 0 atom stereocenters. The summed E-state index contributed by atoms with van der Waals surface area (Å²) in [5.41, 5.74) is 4.41. The molecule has 1 rings (SSSR count). The Balaban J connectivity index is 2.63. The molecular weight excluding hydrogens is 244 g/mol. The Morgan fingerprint density at radius 2 is 1.90 bits per heavy atom. The maximum Gasteiger partial charge on any atom is 0.0617 e. The molecule has 0 radical (unpaired) electrons. The highest BCUT2D eigenvalue weighted by atomic mass is 16.2. The number of hydrogen-bond donors (Lipinski definition) is 1. The minimum Gasteiger partial charge on any atom is -0.392 e. The largest absolute Gasteiger partial charge is 0.392 e. The molecule has 0 unspecified atom stereocenters. The number of rotatable bonds is 5. The molecule has 0 amide bonds. The Labute approximate surface area is 124 Å². The maximum absolute atomic E-state index is 8.75. The first kappa shape index (κ1) is 16.7. The van der Waals surface area contributed by atoms with Crippen LogP contribution in [-0.2, 0) is 0 Å². The monoisotopic (exact) mass is 272 g/mol. The molecule has 110 valence electrons. The van der Waals surface area contributed by atoms with Crippen LogP contribution in [0.2, 0.25) is 0 Å². The van der Waals surface area contributed by atoms with Gasteiger partial charge in [-0.3, -0.25) is 0 Å². The van der Waals surface area contributed by atoms with Crippen LogP contribution in [0.15, 0.2) is 59.3 Å². The van der Waals surface area contributed by atoms with Crippen LogP contribution in [0, 0.1) is 5.41 Å². The zero-order valence-electron chi connectivity index (χ0n) is 13.3. The van der Waals surface area contributed by atoms with Gasteiger partial charge in [0.05, 0.1) is 6.61 Å². The molecule has 1 heteroatoms. The van der Waals surface area contributed by atoms with E-state index in [0.29, 0.717) is 5.41 Å². The van der Waals surface area contributed by atoms with Gasteiger partial charge in [0.25, 0.3) is 0 Å². The summed E-state index contributed by atoms with van der Waals surface area (Å²) in [5.74, 6) is 0. The highest BCUT2D eigenvalue weighted by Crippen LogP contribution is 2.40. The summed E-state index contributed by atoms with van der Waals surface area (Å²) in [6, 6.07) is 0. The zero-order chi connectivity index (χ0) is 15.0. The average Bonchev–Trinajstić information content (AvgIpc) is 2.36. The van der Waals surface area contributed by atoms with E-state index in [4.69, 9.17) is 5.11 Å². The highest BCUT2D eigenvalue weighted by molar-refractivity contribution is 5.34. The van der Waals surface area contributed by atoms with E-state index in [1.807, 2.05) is 25.2 Å². The van der Waals surface area contributed by atoms with Gasteiger partial charge in [-0.05, 0) is 44.1 Å². The van der Waals surface area contributed by atoms with Crippen molar-refractivity contribution in [1.82, 2.24) is 0 Å². The Hall–Kier alpha value is -1.34. The molecular formula is C19H28O. The lowest BCUT2D eigenvalue weighted by molar-refractivity contribution is 0.342. The Morgan fingerprint density at radius 1 is 1.20 bits per heavy atom. The molecule has 20 heavy (non-hydrogen) atoms. The summed E-state index contributed by atoms with van der Waals surface area (Å²) in [6.45, 7) is 9.01. The molecule has 0 spiro atoms. The standard InChI is InChI=1S/C19H28O/c1-16(13-15-20)10-7-5-6-8-12-18-17(2)11-9-14-19(18,3)4/h5-8,10,12-13,20H,9,11,14-15H2,1-4H3/b6-5+,10-7+,12-8+,16-13+. The van der Waals surface area contributed by atoms with Crippen LogP contribution in [-0.4, -0.2) is 11.7 Å². The average molecular weight is 272 g/mol. The van der Waals surface area contributed by atoms with E-state index in [-0.39, 0.29) is 6.61 Å². The molecule has 1 N–H and O–H groups in total. The number of aliphatic hydroxyl groups excluding tert-OH is 1. The number of aliphatic hydroxyl groups is 1. The van der Waals surface area contributed by atoms with Crippen LogP contribution >= 0.6 is 0 Å². The molecule has 0 saturated heterocycles. The molecule has 0 fully saturated rings. The van der Waals surface area contributed by atoms with Crippen LogP contribution in [0.3, 0.4) is 0 Å². The van der Waals surface area contributed by atoms with E-state index in [1.54, 1.807) is 6.08 Å². The molecule has 0 heterocycles. The van der Waals surface area contributed by atoms with Crippen molar-refractivity contribution in [2.75, 3.05) is 6.61 Å². The van der Waals surface area contributed by atoms with E-state index >= 15 is 0 Å². The van der Waals surface area contributed by atoms with Crippen molar-refractivity contribution < 1.29 is 5.11 Å². The second kappa shape index (κ2) is 8.06. The van der Waals surface area contributed by atoms with Gasteiger partial charge in [0.1, 0.15) is 0 Å². The van der Waals surface area contributed by atoms with Crippen molar-refractivity contribution in [1.29, 1.82) is 0 Å². The molecule has 0 bridgehead atoms. The predicted octanol–water partition coefficient (Wildman–Crippen LogP) is 5.12. The second-order valence-electron chi connectivity index (χ2n) is 6.17. The van der Waals surface area contributed by atoms with Crippen LogP contribution in [0.4, 0.5) is 0 Å². The quantitative estimate of drug-likeness (QED) is 0.689. The minimum atomic E-state index is 0.0995. The lowest BCUT2D eigenvalue weighted by atomic mass is 9.73. The number of allylic oxidation sites excluding steroid dienone is 9. The van der Waals surface area contributed by atoms with Crippen molar-refractivity contribution in [3.63, 3.8) is 0 Å². The van der Waals surface area contributed by atoms with Crippen LogP contribution in [0.25, 0.3) is 0 Å². The lowest BCUT2D eigenvalue weighted by Gasteiger charge is -2.32. The molecule has 1 nitrogen and oxygen atoms in total. The lowest BCUT2D eigenvalue weighted by Crippen LogP contribution is -2.18. The fourth-order valence-corrected chi connectivity index (χ4v) is 2.71. The van der Waals surface area contributed by atoms with Gasteiger partial charge in [0, 0.05) is 0 Å². The van der Waals surface area contributed by atoms with Crippen molar-refractivity contribution in [2.24, 2.45) is 5.41 Å². The minimum absolute atomic E-state index is 0.0995. The Bertz CT molecular complexity index is 456. The Morgan fingerprint density at radius 3 is 2.55 bits per heavy atom. The first-order valence-corrected chi connectivity index (χ1v) is 7.46. The molecule has 1 aliphatic carbocycles. The van der Waals surface area contributed by atoms with E-state index in [9.17, 15) is 0 Å². The molecule has 0 aromatic heterocycles. The first-order valence-electron chi connectivity index (χ1n) is 7.46. The first-order chi connectivity index (χ1) is 9.47. The van der Waals surface area contributed by atoms with Gasteiger partial charge in [-0.15, -0.1) is 0 Å². The van der Waals surface area contributed by atoms with Crippen molar-refractivity contribution in [2.45, 2.75) is 47.0 Å². The fraction of sp³-hybridized carbons (Fsp3) is 0.474. The molecule has 0 aliphatic heterocycles. The third-order valence-electron chi connectivity index (χ3n) is 3.91. The summed E-state index contributed by atoms with van der Waals surface area (Å²) in [6.07, 6.45) is 18.1. The predicted molar refractivity (Wildman–Crippen MR) is 88.6 cm³/mol. The van der Waals surface area contributed by atoms with Gasteiger partial charge >= 0.3 is 0 Å². The van der Waals surface area contributed by atoms with Gasteiger partial charge in [0.2, 0.25) is 0 Å². The topological polar surface area (TPSA) is 20.2 Å². The van der Waals surface area contributed by atoms with Crippen molar-refractivity contribution in [3.05, 3.63) is 59.3 Å². The van der Waals surface area contributed by atoms with Gasteiger partial charge in [-0.25, -0.2) is 0 Å². The fourth-order valence-electron chi connectivity index (χ4n) is 2.71. The molecule has 0 aromatic rings. The second-order valence-corrected chi connectivity index (χ2v) is 6.17. The van der Waals surface area contributed by atoms with E-state index in [0.717, 1.165) is 5.57 Å². The van der Waals surface area contributed by atoms with Crippen LogP contribution < -0.4 is 0 Å². The van der Waals surface area contributed by atoms with Gasteiger partial charge in [0.15, 0.2) is 0 Å².